The smallest absolute Gasteiger partial charge is 0.438 e. The van der Waals surface area contributed by atoms with Crippen LogP contribution in [0.1, 0.15) is 39.5 Å². The van der Waals surface area contributed by atoms with Crippen LogP contribution in [0.5, 0.6) is 0 Å². The van der Waals surface area contributed by atoms with Gasteiger partial charge >= 0.3 is 23.9 Å². The summed E-state index contributed by atoms with van der Waals surface area (Å²) in [6.07, 6.45) is -14.6. The minimum absolute atomic E-state index is 0.0624. The molecule has 2 N–H and O–H groups in total. The van der Waals surface area contributed by atoms with Crippen molar-refractivity contribution in [3.05, 3.63) is 0 Å². The van der Waals surface area contributed by atoms with E-state index in [1.165, 1.54) is 0 Å². The predicted molar refractivity (Wildman–Crippen MR) is 85.0 cm³/mol. The highest BCUT2D eigenvalue weighted by Crippen LogP contribution is 2.47. The van der Waals surface area contributed by atoms with Crippen LogP contribution in [0.25, 0.3) is 0 Å². The van der Waals surface area contributed by atoms with Crippen molar-refractivity contribution in [2.75, 3.05) is 5.75 Å². The number of rotatable bonds is 7. The van der Waals surface area contributed by atoms with Gasteiger partial charge in [0.2, 0.25) is 0 Å². The molecule has 0 aromatic rings. The number of esters is 1. The molecule has 14 heteroatoms. The predicted octanol–water partition coefficient (Wildman–Crippen LogP) is 2.83. The van der Waals surface area contributed by atoms with E-state index in [0.29, 0.717) is 0 Å². The fraction of sp³-hybridized carbons (Fsp3) is 0.933. The number of carbonyl (C=O) groups is 1. The van der Waals surface area contributed by atoms with E-state index in [9.17, 15) is 44.7 Å². The quantitative estimate of drug-likeness (QED) is 0.260. The van der Waals surface area contributed by atoms with Crippen LogP contribution in [0.4, 0.5) is 26.3 Å². The van der Waals surface area contributed by atoms with Crippen LogP contribution in [-0.2, 0) is 24.4 Å². The number of halogens is 6. The number of hydrogen-bond acceptors (Lipinski definition) is 6. The molecule has 0 amide bonds. The SMILES string of the molecule is CC(C)[C@@H](O)OC1CCC(C(=O)OC(CS(=O)(=O)O)(C(F)(F)F)C(F)(F)F)CC1. The van der Waals surface area contributed by atoms with Crippen LogP contribution in [-0.4, -0.2) is 60.1 Å². The summed E-state index contributed by atoms with van der Waals surface area (Å²) in [5.74, 6) is -6.41. The minimum atomic E-state index is -6.35. The average molecular weight is 460 g/mol. The molecule has 1 atom stereocenters. The summed E-state index contributed by atoms with van der Waals surface area (Å²) < 4.78 is 118. The molecule has 1 rings (SSSR count). The first-order chi connectivity index (χ1) is 12.9. The Morgan fingerprint density at radius 3 is 1.83 bits per heavy atom. The summed E-state index contributed by atoms with van der Waals surface area (Å²) in [5.41, 5.74) is -5.40. The first kappa shape index (κ1) is 25.9. The first-order valence-corrected chi connectivity index (χ1v) is 10.2. The molecule has 0 saturated heterocycles. The summed E-state index contributed by atoms with van der Waals surface area (Å²) >= 11 is 0. The number of aliphatic hydroxyl groups excluding tert-OH is 1. The Labute approximate surface area is 163 Å². The molecule has 0 aliphatic heterocycles. The minimum Gasteiger partial charge on any atom is -0.438 e. The molecule has 1 aliphatic carbocycles. The molecule has 0 unspecified atom stereocenters. The van der Waals surface area contributed by atoms with Crippen LogP contribution < -0.4 is 0 Å². The molecule has 1 saturated carbocycles. The molecule has 172 valence electrons. The molecule has 0 bridgehead atoms. The topological polar surface area (TPSA) is 110 Å². The zero-order chi connectivity index (χ0) is 22.8. The molecule has 0 radical (unpaired) electrons. The maximum atomic E-state index is 13.2. The molecule has 0 aromatic carbocycles. The number of alkyl halides is 6. The highest BCUT2D eigenvalue weighted by molar-refractivity contribution is 7.85. The van der Waals surface area contributed by atoms with Crippen molar-refractivity contribution in [2.24, 2.45) is 11.8 Å². The largest absolute Gasteiger partial charge is 0.438 e. The van der Waals surface area contributed by atoms with Crippen molar-refractivity contribution in [2.45, 2.75) is 69.9 Å². The fourth-order valence-corrected chi connectivity index (χ4v) is 3.67. The monoisotopic (exact) mass is 460 g/mol. The van der Waals surface area contributed by atoms with Gasteiger partial charge in [0.1, 0.15) is 5.75 Å². The first-order valence-electron chi connectivity index (χ1n) is 8.54. The Hall–Kier alpha value is -1.12. The van der Waals surface area contributed by atoms with E-state index in [4.69, 9.17) is 9.29 Å². The summed E-state index contributed by atoms with van der Waals surface area (Å²) in [4.78, 5) is 12.0. The highest BCUT2D eigenvalue weighted by atomic mass is 32.2. The van der Waals surface area contributed by atoms with E-state index < -0.39 is 58.1 Å². The van der Waals surface area contributed by atoms with Crippen LogP contribution in [0, 0.1) is 11.8 Å². The maximum Gasteiger partial charge on any atom is 0.438 e. The van der Waals surface area contributed by atoms with E-state index in [0.717, 1.165) is 0 Å². The Balaban J connectivity index is 2.97. The third kappa shape index (κ3) is 6.69. The normalized spacial score (nSPS) is 23.1. The molecule has 0 heterocycles. The van der Waals surface area contributed by atoms with E-state index in [1.807, 2.05) is 0 Å². The summed E-state index contributed by atoms with van der Waals surface area (Å²) in [6.45, 7) is 3.33. The van der Waals surface area contributed by atoms with Gasteiger partial charge in [0.25, 0.3) is 10.1 Å². The lowest BCUT2D eigenvalue weighted by Gasteiger charge is -2.37. The van der Waals surface area contributed by atoms with Crippen molar-refractivity contribution in [3.63, 3.8) is 0 Å². The van der Waals surface area contributed by atoms with Crippen molar-refractivity contribution in [3.8, 4) is 0 Å². The standard InChI is InChI=1S/C15H22F6O7S/c1-8(2)11(22)27-10-5-3-9(4-6-10)12(23)28-13(14(16,17)18,15(19,20)21)7-29(24,25)26/h8-11,22H,3-7H2,1-2H3,(H,24,25,26)/t9?,10?,11-/m0/s1. The van der Waals surface area contributed by atoms with Gasteiger partial charge in [-0.15, -0.1) is 0 Å². The van der Waals surface area contributed by atoms with E-state index in [2.05, 4.69) is 4.74 Å². The van der Waals surface area contributed by atoms with Gasteiger partial charge in [-0.1, -0.05) is 13.8 Å². The molecule has 1 fully saturated rings. The third-order valence-corrected chi connectivity index (χ3v) is 5.26. The van der Waals surface area contributed by atoms with Gasteiger partial charge < -0.3 is 14.6 Å². The summed E-state index contributed by atoms with van der Waals surface area (Å²) in [6, 6.07) is 0. The van der Waals surface area contributed by atoms with Crippen molar-refractivity contribution in [1.82, 2.24) is 0 Å². The molecule has 0 spiro atoms. The lowest BCUT2D eigenvalue weighted by atomic mass is 9.87. The van der Waals surface area contributed by atoms with Gasteiger partial charge in [0.05, 0.1) is 12.0 Å². The zero-order valence-electron chi connectivity index (χ0n) is 15.5. The maximum absolute atomic E-state index is 13.2. The van der Waals surface area contributed by atoms with Crippen LogP contribution in [0.2, 0.25) is 0 Å². The highest BCUT2D eigenvalue weighted by Gasteiger charge is 2.76. The second-order valence-electron chi connectivity index (χ2n) is 7.21. The lowest BCUT2D eigenvalue weighted by Crippen LogP contribution is -2.63. The van der Waals surface area contributed by atoms with Gasteiger partial charge in [-0.2, -0.15) is 34.8 Å². The molecule has 1 aliphatic rings. The third-order valence-electron chi connectivity index (χ3n) is 4.49. The Morgan fingerprint density at radius 2 is 1.48 bits per heavy atom. The van der Waals surface area contributed by atoms with Crippen LogP contribution in [0.15, 0.2) is 0 Å². The van der Waals surface area contributed by atoms with Gasteiger partial charge in [0, 0.05) is 5.92 Å². The molecule has 29 heavy (non-hydrogen) atoms. The Morgan fingerprint density at radius 1 is 1.03 bits per heavy atom. The van der Waals surface area contributed by atoms with Crippen molar-refractivity contribution >= 4 is 16.1 Å². The number of carbonyl (C=O) groups excluding carboxylic acids is 1. The fourth-order valence-electron chi connectivity index (χ4n) is 2.77. The summed E-state index contributed by atoms with van der Waals surface area (Å²) in [7, 11) is -5.82. The number of ether oxygens (including phenoxy) is 2. The van der Waals surface area contributed by atoms with Crippen molar-refractivity contribution in [1.29, 1.82) is 0 Å². The van der Waals surface area contributed by atoms with E-state index in [1.54, 1.807) is 13.8 Å². The number of aliphatic hydroxyl groups is 1. The Bertz CT molecular complexity index is 652. The van der Waals surface area contributed by atoms with Crippen molar-refractivity contribution < 1.29 is 58.7 Å². The summed E-state index contributed by atoms with van der Waals surface area (Å²) in [5, 5.41) is 9.65. The second kappa shape index (κ2) is 8.94. The molecule has 7 nitrogen and oxygen atoms in total. The molecule has 0 aromatic heterocycles. The van der Waals surface area contributed by atoms with Gasteiger partial charge in [-0.05, 0) is 25.7 Å². The zero-order valence-corrected chi connectivity index (χ0v) is 16.3. The van der Waals surface area contributed by atoms with Gasteiger partial charge in [0.15, 0.2) is 6.29 Å². The van der Waals surface area contributed by atoms with Gasteiger partial charge in [-0.25, -0.2) is 0 Å². The lowest BCUT2D eigenvalue weighted by molar-refractivity contribution is -0.362. The molecular weight excluding hydrogens is 438 g/mol. The average Bonchev–Trinajstić information content (AvgIpc) is 2.51. The molecular formula is C15H22F6O7S. The van der Waals surface area contributed by atoms with Gasteiger partial charge in [-0.3, -0.25) is 9.35 Å². The second-order valence-corrected chi connectivity index (χ2v) is 8.67. The van der Waals surface area contributed by atoms with E-state index in [-0.39, 0.29) is 31.6 Å². The Kier molecular flexibility index (Phi) is 7.99. The van der Waals surface area contributed by atoms with E-state index >= 15 is 0 Å². The number of hydrogen-bond donors (Lipinski definition) is 2. The van der Waals surface area contributed by atoms with Crippen LogP contribution in [0.3, 0.4) is 0 Å². The van der Waals surface area contributed by atoms with Crippen LogP contribution >= 0.6 is 0 Å².